The number of benzene rings is 2. The molecule has 12 nitrogen and oxygen atoms in total. The third kappa shape index (κ3) is 7.87. The second kappa shape index (κ2) is 13.0. The number of hydrogen-bond donors (Lipinski definition) is 6. The molecule has 2 aromatic carbocycles. The van der Waals surface area contributed by atoms with E-state index in [0.717, 1.165) is 0 Å². The zero-order chi connectivity index (χ0) is 29.5. The minimum absolute atomic E-state index is 0.00243. The number of likely N-dealkylation sites (tertiary alicyclic amines) is 1. The van der Waals surface area contributed by atoms with E-state index in [1.54, 1.807) is 68.4 Å². The van der Waals surface area contributed by atoms with Crippen LogP contribution in [0, 0.1) is 5.41 Å². The van der Waals surface area contributed by atoms with E-state index in [1.807, 2.05) is 0 Å². The van der Waals surface area contributed by atoms with E-state index in [4.69, 9.17) is 11.1 Å². The summed E-state index contributed by atoms with van der Waals surface area (Å²) in [6.07, 6.45) is -0.157. The molecule has 0 spiro atoms. The lowest BCUT2D eigenvalue weighted by Crippen LogP contribution is -2.62. The molecule has 0 unspecified atom stereocenters. The average Bonchev–Trinajstić information content (AvgIpc) is 3.30. The lowest BCUT2D eigenvalue weighted by molar-refractivity contribution is -0.152. The van der Waals surface area contributed by atoms with Crippen LogP contribution < -0.4 is 20.5 Å². The van der Waals surface area contributed by atoms with E-state index in [-0.39, 0.29) is 31.8 Å². The second-order valence-corrected chi connectivity index (χ2v) is 11.6. The van der Waals surface area contributed by atoms with Gasteiger partial charge in [-0.2, -0.15) is 17.9 Å². The molecule has 0 radical (unpaired) electrons. The summed E-state index contributed by atoms with van der Waals surface area (Å²) in [7, 11) is -4.10. The molecule has 13 heteroatoms. The molecule has 2 atom stereocenters. The van der Waals surface area contributed by atoms with Crippen molar-refractivity contribution < 1.29 is 27.9 Å². The Kier molecular flexibility index (Phi) is 10.0. The summed E-state index contributed by atoms with van der Waals surface area (Å²) in [5.74, 6) is -2.68. The molecule has 1 heterocycles. The van der Waals surface area contributed by atoms with Gasteiger partial charge in [-0.3, -0.25) is 19.8 Å². The van der Waals surface area contributed by atoms with Gasteiger partial charge in [0.25, 0.3) is 10.2 Å². The first-order valence-corrected chi connectivity index (χ1v) is 14.4. The largest absolute Gasteiger partial charge is 0.481 e. The standard InChI is InChI=1S/C27H36N6O6S/c1-18(2)31-40(38,39)32-22(15-19-7-4-3-5-8-19)25(36)33-14-6-13-27(33,16-23(34)35)26(37)30-17-20-9-11-21(12-10-20)24(28)29/h3-5,7-12,18,22,31-32H,6,13-17H2,1-2H3,(H3,28,29)(H,30,37)(H,34,35)/t22-,27-/m1/s1. The molecule has 1 saturated heterocycles. The van der Waals surface area contributed by atoms with Crippen LogP contribution in [0.5, 0.6) is 0 Å². The van der Waals surface area contributed by atoms with Gasteiger partial charge in [0.1, 0.15) is 17.4 Å². The van der Waals surface area contributed by atoms with Gasteiger partial charge in [-0.15, -0.1) is 0 Å². The van der Waals surface area contributed by atoms with E-state index >= 15 is 0 Å². The summed E-state index contributed by atoms with van der Waals surface area (Å²) in [6, 6.07) is 13.7. The van der Waals surface area contributed by atoms with Crippen molar-refractivity contribution in [2.75, 3.05) is 6.54 Å². The molecule has 1 aliphatic rings. The van der Waals surface area contributed by atoms with Crippen LogP contribution in [0.25, 0.3) is 0 Å². The number of carboxylic acids is 1. The summed E-state index contributed by atoms with van der Waals surface area (Å²) in [4.78, 5) is 40.7. The Hall–Kier alpha value is -3.81. The smallest absolute Gasteiger partial charge is 0.306 e. The molecule has 2 amide bonds. The molecule has 1 aliphatic heterocycles. The number of nitrogens with zero attached hydrogens (tertiary/aromatic N) is 1. The third-order valence-corrected chi connectivity index (χ3v) is 7.98. The highest BCUT2D eigenvalue weighted by Crippen LogP contribution is 2.34. The number of nitrogen functional groups attached to an aromatic ring is 1. The number of amides is 2. The van der Waals surface area contributed by atoms with Crippen LogP contribution in [0.3, 0.4) is 0 Å². The van der Waals surface area contributed by atoms with Gasteiger partial charge in [0.2, 0.25) is 11.8 Å². The Balaban J connectivity index is 1.90. The van der Waals surface area contributed by atoms with Crippen LogP contribution in [0.4, 0.5) is 0 Å². The van der Waals surface area contributed by atoms with E-state index in [9.17, 15) is 27.9 Å². The van der Waals surface area contributed by atoms with Gasteiger partial charge in [0, 0.05) is 24.7 Å². The van der Waals surface area contributed by atoms with Gasteiger partial charge in [0.15, 0.2) is 0 Å². The van der Waals surface area contributed by atoms with Crippen molar-refractivity contribution in [3.63, 3.8) is 0 Å². The summed E-state index contributed by atoms with van der Waals surface area (Å²) >= 11 is 0. The molecule has 0 aromatic heterocycles. The monoisotopic (exact) mass is 572 g/mol. The zero-order valence-corrected chi connectivity index (χ0v) is 23.3. The van der Waals surface area contributed by atoms with Gasteiger partial charge in [-0.25, -0.2) is 0 Å². The van der Waals surface area contributed by atoms with Crippen LogP contribution >= 0.6 is 0 Å². The highest BCUT2D eigenvalue weighted by atomic mass is 32.2. The Morgan fingerprint density at radius 2 is 1.70 bits per heavy atom. The predicted octanol–water partition coefficient (Wildman–Crippen LogP) is 0.866. The summed E-state index contributed by atoms with van der Waals surface area (Å²) in [5, 5.41) is 20.0. The van der Waals surface area contributed by atoms with Gasteiger partial charge < -0.3 is 21.1 Å². The van der Waals surface area contributed by atoms with Crippen molar-refractivity contribution in [1.82, 2.24) is 19.7 Å². The number of hydrogen-bond acceptors (Lipinski definition) is 6. The van der Waals surface area contributed by atoms with Crippen LogP contribution in [0.15, 0.2) is 54.6 Å². The lowest BCUT2D eigenvalue weighted by atomic mass is 9.89. The molecule has 1 fully saturated rings. The fraction of sp³-hybridized carbons (Fsp3) is 0.407. The third-order valence-electron chi connectivity index (χ3n) is 6.61. The van der Waals surface area contributed by atoms with Gasteiger partial charge >= 0.3 is 5.97 Å². The predicted molar refractivity (Wildman–Crippen MR) is 149 cm³/mol. The van der Waals surface area contributed by atoms with E-state index < -0.39 is 52.0 Å². The molecule has 0 bridgehead atoms. The molecular weight excluding hydrogens is 536 g/mol. The maximum absolute atomic E-state index is 14.0. The van der Waals surface area contributed by atoms with E-state index in [2.05, 4.69) is 14.8 Å². The maximum Gasteiger partial charge on any atom is 0.306 e. The van der Waals surface area contributed by atoms with Crippen molar-refractivity contribution in [3.05, 3.63) is 71.3 Å². The molecule has 2 aromatic rings. The number of aliphatic carboxylic acids is 1. The minimum Gasteiger partial charge on any atom is -0.481 e. The SMILES string of the molecule is CC(C)NS(=O)(=O)N[C@H](Cc1ccccc1)C(=O)N1CCC[C@@]1(CC(=O)O)C(=O)NCc1ccc(C(=N)N)cc1. The average molecular weight is 573 g/mol. The first-order chi connectivity index (χ1) is 18.8. The number of rotatable bonds is 13. The minimum atomic E-state index is -4.10. The van der Waals surface area contributed by atoms with Crippen LogP contribution in [0.1, 0.15) is 49.8 Å². The van der Waals surface area contributed by atoms with Crippen LogP contribution in [-0.2, 0) is 37.6 Å². The van der Waals surface area contributed by atoms with Crippen LogP contribution in [0.2, 0.25) is 0 Å². The second-order valence-electron chi connectivity index (χ2n) is 10.1. The number of nitrogens with one attached hydrogen (secondary N) is 4. The Labute approximate surface area is 234 Å². The first kappa shape index (κ1) is 30.7. The topological polar surface area (TPSA) is 195 Å². The van der Waals surface area contributed by atoms with Crippen molar-refractivity contribution >= 4 is 33.8 Å². The number of amidine groups is 1. The Morgan fingerprint density at radius 3 is 2.27 bits per heavy atom. The number of carbonyl (C=O) groups is 3. The fourth-order valence-corrected chi connectivity index (χ4v) is 6.10. The normalized spacial score (nSPS) is 17.9. The van der Waals surface area contributed by atoms with Crippen molar-refractivity contribution in [2.24, 2.45) is 5.73 Å². The van der Waals surface area contributed by atoms with E-state index in [0.29, 0.717) is 23.1 Å². The van der Waals surface area contributed by atoms with Crippen molar-refractivity contribution in [2.45, 2.75) is 63.7 Å². The highest BCUT2D eigenvalue weighted by Gasteiger charge is 2.52. The summed E-state index contributed by atoms with van der Waals surface area (Å²) in [6.45, 7) is 3.43. The number of carbonyl (C=O) groups excluding carboxylic acids is 2. The Bertz CT molecular complexity index is 1330. The molecule has 40 heavy (non-hydrogen) atoms. The van der Waals surface area contributed by atoms with Crippen LogP contribution in [-0.4, -0.2) is 66.2 Å². The number of nitrogens with two attached hydrogens (primary N) is 1. The van der Waals surface area contributed by atoms with Gasteiger partial charge in [-0.05, 0) is 44.2 Å². The van der Waals surface area contributed by atoms with Crippen molar-refractivity contribution in [1.29, 1.82) is 5.41 Å². The van der Waals surface area contributed by atoms with Gasteiger partial charge in [-0.1, -0.05) is 54.6 Å². The van der Waals surface area contributed by atoms with Crippen molar-refractivity contribution in [3.8, 4) is 0 Å². The highest BCUT2D eigenvalue weighted by molar-refractivity contribution is 7.87. The molecule has 216 valence electrons. The Morgan fingerprint density at radius 1 is 1.05 bits per heavy atom. The lowest BCUT2D eigenvalue weighted by Gasteiger charge is -2.38. The molecule has 0 aliphatic carbocycles. The first-order valence-electron chi connectivity index (χ1n) is 12.9. The number of carboxylic acid groups (broad SMARTS) is 1. The summed E-state index contributed by atoms with van der Waals surface area (Å²) < 4.78 is 30.4. The molecule has 3 rings (SSSR count). The van der Waals surface area contributed by atoms with Gasteiger partial charge in [0.05, 0.1) is 6.42 Å². The maximum atomic E-state index is 14.0. The zero-order valence-electron chi connectivity index (χ0n) is 22.5. The fourth-order valence-electron chi connectivity index (χ4n) is 4.85. The van der Waals surface area contributed by atoms with E-state index in [1.165, 1.54) is 4.90 Å². The quantitative estimate of drug-likeness (QED) is 0.151. The molecule has 7 N–H and O–H groups in total. The molecule has 0 saturated carbocycles. The molecular formula is C27H36N6O6S. The summed E-state index contributed by atoms with van der Waals surface area (Å²) in [5.41, 5.74) is 5.68.